The fourth-order valence-corrected chi connectivity index (χ4v) is 2.62. The van der Waals surface area contributed by atoms with Gasteiger partial charge >= 0.3 is 0 Å². The summed E-state index contributed by atoms with van der Waals surface area (Å²) in [5.41, 5.74) is 2.97. The van der Waals surface area contributed by atoms with E-state index in [4.69, 9.17) is 4.74 Å². The van der Waals surface area contributed by atoms with Crippen LogP contribution in [0.4, 0.5) is 11.4 Å². The number of morpholine rings is 1. The molecule has 0 bridgehead atoms. The predicted molar refractivity (Wildman–Crippen MR) is 93.5 cm³/mol. The van der Waals surface area contributed by atoms with Crippen molar-refractivity contribution in [3.63, 3.8) is 0 Å². The maximum Gasteiger partial charge on any atom is 0.276 e. The second kappa shape index (κ2) is 7.40. The Kier molecular flexibility index (Phi) is 5.05. The summed E-state index contributed by atoms with van der Waals surface area (Å²) in [4.78, 5) is 14.7. The zero-order valence-corrected chi connectivity index (χ0v) is 14.0. The molecule has 1 fully saturated rings. The number of anilines is 2. The third-order valence-corrected chi connectivity index (χ3v) is 4.01. The highest BCUT2D eigenvalue weighted by Crippen LogP contribution is 2.26. The van der Waals surface area contributed by atoms with Crippen LogP contribution in [-0.4, -0.2) is 42.4 Å². The molecule has 6 heteroatoms. The van der Waals surface area contributed by atoms with E-state index in [1.807, 2.05) is 44.2 Å². The molecule has 0 spiro atoms. The molecule has 0 unspecified atom stereocenters. The third-order valence-electron chi connectivity index (χ3n) is 4.01. The van der Waals surface area contributed by atoms with Crippen molar-refractivity contribution in [2.75, 3.05) is 36.5 Å². The van der Waals surface area contributed by atoms with Gasteiger partial charge in [0.25, 0.3) is 5.91 Å². The number of carbonyl (C=O) groups is 1. The molecule has 0 atom stereocenters. The van der Waals surface area contributed by atoms with Gasteiger partial charge in [-0.2, -0.15) is 5.10 Å². The first-order chi connectivity index (χ1) is 11.6. The minimum Gasteiger partial charge on any atom is -0.378 e. The fourth-order valence-electron chi connectivity index (χ4n) is 2.62. The molecule has 3 rings (SSSR count). The molecule has 1 aromatic carbocycles. The summed E-state index contributed by atoms with van der Waals surface area (Å²) in [6.45, 7) is 7.12. The Bertz CT molecular complexity index is 694. The first kappa shape index (κ1) is 16.4. The smallest absolute Gasteiger partial charge is 0.276 e. The normalized spacial score (nSPS) is 14.7. The van der Waals surface area contributed by atoms with Crippen molar-refractivity contribution in [1.82, 2.24) is 10.2 Å². The van der Waals surface area contributed by atoms with E-state index in [1.54, 1.807) is 6.07 Å². The van der Waals surface area contributed by atoms with Crippen molar-refractivity contribution >= 4 is 17.3 Å². The average Bonchev–Trinajstić information content (AvgIpc) is 2.63. The van der Waals surface area contributed by atoms with Crippen LogP contribution in [0, 0.1) is 0 Å². The summed E-state index contributed by atoms with van der Waals surface area (Å²) in [6, 6.07) is 11.4. The number of hydrogen-bond donors (Lipinski definition) is 1. The number of ether oxygens (including phenoxy) is 1. The molecular weight excluding hydrogens is 304 g/mol. The predicted octanol–water partition coefficient (Wildman–Crippen LogP) is 2.69. The Balaban J connectivity index is 1.76. The molecule has 1 aromatic heterocycles. The first-order valence-corrected chi connectivity index (χ1v) is 8.22. The number of rotatable bonds is 4. The van der Waals surface area contributed by atoms with Gasteiger partial charge in [-0.3, -0.25) is 4.79 Å². The monoisotopic (exact) mass is 326 g/mol. The fraction of sp³-hybridized carbons (Fsp3) is 0.389. The number of nitrogens with one attached hydrogen (secondary N) is 1. The zero-order valence-electron chi connectivity index (χ0n) is 14.0. The maximum absolute atomic E-state index is 12.5. The van der Waals surface area contributed by atoms with Gasteiger partial charge < -0.3 is 15.0 Å². The molecule has 0 saturated carbocycles. The molecule has 24 heavy (non-hydrogen) atoms. The van der Waals surface area contributed by atoms with Gasteiger partial charge in [-0.1, -0.05) is 26.0 Å². The van der Waals surface area contributed by atoms with Gasteiger partial charge in [-0.05, 0) is 30.2 Å². The lowest BCUT2D eigenvalue weighted by molar-refractivity contribution is 0.102. The van der Waals surface area contributed by atoms with Crippen LogP contribution in [0.25, 0.3) is 0 Å². The second-order valence-electron chi connectivity index (χ2n) is 6.07. The van der Waals surface area contributed by atoms with E-state index in [2.05, 4.69) is 20.4 Å². The largest absolute Gasteiger partial charge is 0.378 e. The number of aromatic nitrogens is 2. The topological polar surface area (TPSA) is 67.4 Å². The van der Waals surface area contributed by atoms with Crippen LogP contribution >= 0.6 is 0 Å². The van der Waals surface area contributed by atoms with Crippen molar-refractivity contribution in [2.45, 2.75) is 19.8 Å². The Morgan fingerprint density at radius 3 is 2.54 bits per heavy atom. The quantitative estimate of drug-likeness (QED) is 0.935. The molecule has 1 amide bonds. The van der Waals surface area contributed by atoms with Crippen LogP contribution in [0.5, 0.6) is 0 Å². The van der Waals surface area contributed by atoms with Crippen LogP contribution in [0.15, 0.2) is 36.4 Å². The molecule has 1 aliphatic rings. The minimum atomic E-state index is -0.251. The van der Waals surface area contributed by atoms with E-state index in [0.717, 1.165) is 30.2 Å². The zero-order chi connectivity index (χ0) is 16.9. The molecule has 1 aliphatic heterocycles. The highest BCUT2D eigenvalue weighted by Gasteiger charge is 2.17. The van der Waals surface area contributed by atoms with Crippen molar-refractivity contribution < 1.29 is 9.53 Å². The Morgan fingerprint density at radius 2 is 1.88 bits per heavy atom. The van der Waals surface area contributed by atoms with Crippen LogP contribution in [0.2, 0.25) is 0 Å². The van der Waals surface area contributed by atoms with Crippen LogP contribution in [-0.2, 0) is 4.74 Å². The molecule has 0 radical (unpaired) electrons. The number of para-hydroxylation sites is 2. The number of nitrogens with zero attached hydrogens (tertiary/aromatic N) is 3. The lowest BCUT2D eigenvalue weighted by atomic mass is 10.1. The van der Waals surface area contributed by atoms with E-state index in [-0.39, 0.29) is 11.8 Å². The SMILES string of the molecule is CC(C)c1ccc(C(=O)Nc2ccccc2N2CCOCC2)nn1. The molecule has 1 saturated heterocycles. The Hall–Kier alpha value is -2.47. The van der Waals surface area contributed by atoms with E-state index in [0.29, 0.717) is 18.9 Å². The van der Waals surface area contributed by atoms with Gasteiger partial charge in [0.2, 0.25) is 0 Å². The van der Waals surface area contributed by atoms with Gasteiger partial charge in [0, 0.05) is 13.1 Å². The molecule has 2 heterocycles. The number of benzene rings is 1. The van der Waals surface area contributed by atoms with Crippen molar-refractivity contribution in [1.29, 1.82) is 0 Å². The van der Waals surface area contributed by atoms with E-state index >= 15 is 0 Å². The molecular formula is C18H22N4O2. The molecule has 2 aromatic rings. The van der Waals surface area contributed by atoms with Crippen molar-refractivity contribution in [2.24, 2.45) is 0 Å². The van der Waals surface area contributed by atoms with E-state index in [9.17, 15) is 4.79 Å². The second-order valence-corrected chi connectivity index (χ2v) is 6.07. The minimum absolute atomic E-state index is 0.251. The van der Waals surface area contributed by atoms with Crippen molar-refractivity contribution in [3.05, 3.63) is 47.8 Å². The van der Waals surface area contributed by atoms with Gasteiger partial charge in [-0.15, -0.1) is 5.10 Å². The number of carbonyl (C=O) groups excluding carboxylic acids is 1. The summed E-state index contributed by atoms with van der Waals surface area (Å²) < 4.78 is 5.39. The Labute approximate surface area is 141 Å². The van der Waals surface area contributed by atoms with Crippen LogP contribution in [0.1, 0.15) is 35.9 Å². The van der Waals surface area contributed by atoms with Crippen LogP contribution < -0.4 is 10.2 Å². The van der Waals surface area contributed by atoms with Gasteiger partial charge in [0.15, 0.2) is 5.69 Å². The highest BCUT2D eigenvalue weighted by atomic mass is 16.5. The van der Waals surface area contributed by atoms with Gasteiger partial charge in [0.1, 0.15) is 0 Å². The first-order valence-electron chi connectivity index (χ1n) is 8.22. The Morgan fingerprint density at radius 1 is 1.12 bits per heavy atom. The summed E-state index contributed by atoms with van der Waals surface area (Å²) in [7, 11) is 0. The third kappa shape index (κ3) is 3.71. The van der Waals surface area contributed by atoms with E-state index in [1.165, 1.54) is 0 Å². The van der Waals surface area contributed by atoms with Crippen molar-refractivity contribution in [3.8, 4) is 0 Å². The standard InChI is InChI=1S/C18H22N4O2/c1-13(2)14-7-8-16(21-20-14)18(23)19-15-5-3-4-6-17(15)22-9-11-24-12-10-22/h3-8,13H,9-12H2,1-2H3,(H,19,23). The molecule has 6 nitrogen and oxygen atoms in total. The summed E-state index contributed by atoms with van der Waals surface area (Å²) in [5, 5.41) is 11.1. The summed E-state index contributed by atoms with van der Waals surface area (Å²) in [5.74, 6) is 0.0372. The average molecular weight is 326 g/mol. The summed E-state index contributed by atoms with van der Waals surface area (Å²) in [6.07, 6.45) is 0. The molecule has 126 valence electrons. The van der Waals surface area contributed by atoms with Gasteiger partial charge in [-0.25, -0.2) is 0 Å². The molecule has 1 N–H and O–H groups in total. The molecule has 0 aliphatic carbocycles. The number of amides is 1. The number of hydrogen-bond acceptors (Lipinski definition) is 5. The highest BCUT2D eigenvalue weighted by molar-refractivity contribution is 6.04. The lowest BCUT2D eigenvalue weighted by Crippen LogP contribution is -2.36. The van der Waals surface area contributed by atoms with Crippen LogP contribution in [0.3, 0.4) is 0 Å². The van der Waals surface area contributed by atoms with E-state index < -0.39 is 0 Å². The summed E-state index contributed by atoms with van der Waals surface area (Å²) >= 11 is 0. The van der Waals surface area contributed by atoms with Gasteiger partial charge in [0.05, 0.1) is 30.3 Å². The maximum atomic E-state index is 12.5. The lowest BCUT2D eigenvalue weighted by Gasteiger charge is -2.30.